The number of nitrogens with zero attached hydrogens (tertiary/aromatic N) is 4. The van der Waals surface area contributed by atoms with Crippen LogP contribution in [0.3, 0.4) is 0 Å². The molecule has 2 N–H and O–H groups in total. The molecule has 2 heterocycles. The predicted octanol–water partition coefficient (Wildman–Crippen LogP) is 1.29. The molecule has 5 nitrogen and oxygen atoms in total. The smallest absolute Gasteiger partial charge is 0.221 e. The van der Waals surface area contributed by atoms with Crippen molar-refractivity contribution >= 4 is 11.8 Å². The lowest BCUT2D eigenvalue weighted by molar-refractivity contribution is 0.272. The lowest BCUT2D eigenvalue weighted by Crippen LogP contribution is -2.30. The Morgan fingerprint density at radius 1 is 1.33 bits per heavy atom. The van der Waals surface area contributed by atoms with Crippen molar-refractivity contribution in [2.45, 2.75) is 32.2 Å². The summed E-state index contributed by atoms with van der Waals surface area (Å²) in [4.78, 5) is 13.1. The minimum atomic E-state index is 0.365. The first-order valence-corrected chi connectivity index (χ1v) is 6.58. The van der Waals surface area contributed by atoms with Crippen molar-refractivity contribution in [3.05, 3.63) is 11.8 Å². The van der Waals surface area contributed by atoms with Crippen molar-refractivity contribution in [3.63, 3.8) is 0 Å². The lowest BCUT2D eigenvalue weighted by atomic mass is 10.1. The molecule has 1 aromatic rings. The van der Waals surface area contributed by atoms with Crippen LogP contribution in [0, 0.1) is 6.92 Å². The van der Waals surface area contributed by atoms with E-state index in [0.29, 0.717) is 12.0 Å². The van der Waals surface area contributed by atoms with E-state index in [1.54, 1.807) is 0 Å². The van der Waals surface area contributed by atoms with Crippen molar-refractivity contribution < 1.29 is 0 Å². The topological polar surface area (TPSA) is 58.3 Å². The van der Waals surface area contributed by atoms with E-state index in [1.165, 1.54) is 19.3 Å². The predicted molar refractivity (Wildman–Crippen MR) is 74.7 cm³/mol. The van der Waals surface area contributed by atoms with Gasteiger partial charge in [0.25, 0.3) is 0 Å². The third-order valence-corrected chi connectivity index (χ3v) is 3.69. The zero-order valence-electron chi connectivity index (χ0n) is 11.6. The van der Waals surface area contributed by atoms with E-state index < -0.39 is 0 Å². The molecule has 100 valence electrons. The van der Waals surface area contributed by atoms with Crippen LogP contribution in [0.1, 0.15) is 24.8 Å². The first-order chi connectivity index (χ1) is 8.58. The maximum absolute atomic E-state index is 5.69. The van der Waals surface area contributed by atoms with Gasteiger partial charge in [0.1, 0.15) is 5.82 Å². The second kappa shape index (κ2) is 5.52. The molecule has 5 heteroatoms. The van der Waals surface area contributed by atoms with Crippen molar-refractivity contribution in [3.8, 4) is 0 Å². The Hall–Kier alpha value is -1.36. The van der Waals surface area contributed by atoms with Crippen LogP contribution in [0.15, 0.2) is 6.20 Å². The highest BCUT2D eigenvalue weighted by Crippen LogP contribution is 2.22. The zero-order valence-corrected chi connectivity index (χ0v) is 11.6. The van der Waals surface area contributed by atoms with Crippen LogP contribution in [0.5, 0.6) is 0 Å². The number of nitrogens with two attached hydrogens (primary N) is 1. The summed E-state index contributed by atoms with van der Waals surface area (Å²) in [7, 11) is 4.32. The molecule has 0 amide bonds. The van der Waals surface area contributed by atoms with E-state index in [2.05, 4.69) is 33.9 Å². The molecule has 0 aliphatic carbocycles. The van der Waals surface area contributed by atoms with E-state index in [1.807, 2.05) is 13.1 Å². The van der Waals surface area contributed by atoms with Gasteiger partial charge in [-0.25, -0.2) is 4.98 Å². The number of hydrogen-bond donors (Lipinski definition) is 1. The maximum Gasteiger partial charge on any atom is 0.221 e. The molecular formula is C13H23N5. The molecule has 1 aliphatic rings. The van der Waals surface area contributed by atoms with Crippen molar-refractivity contribution in [1.82, 2.24) is 14.9 Å². The van der Waals surface area contributed by atoms with Crippen molar-refractivity contribution in [2.24, 2.45) is 0 Å². The Balaban J connectivity index is 2.12. The van der Waals surface area contributed by atoms with Gasteiger partial charge in [0.2, 0.25) is 5.95 Å². The average molecular weight is 249 g/mol. The minimum Gasteiger partial charge on any atom is -0.368 e. The maximum atomic E-state index is 5.69. The molecule has 2 rings (SSSR count). The molecule has 0 saturated carbocycles. The molecule has 0 unspecified atom stereocenters. The molecule has 0 spiro atoms. The molecule has 1 aromatic heterocycles. The molecular weight excluding hydrogens is 226 g/mol. The van der Waals surface area contributed by atoms with Crippen LogP contribution < -0.4 is 10.6 Å². The molecule has 1 fully saturated rings. The number of rotatable bonds is 2. The monoisotopic (exact) mass is 249 g/mol. The highest BCUT2D eigenvalue weighted by molar-refractivity contribution is 5.48. The third-order valence-electron chi connectivity index (χ3n) is 3.69. The summed E-state index contributed by atoms with van der Waals surface area (Å²) in [5, 5.41) is 0. The number of aromatic nitrogens is 2. The summed E-state index contributed by atoms with van der Waals surface area (Å²) in [5.41, 5.74) is 6.80. The van der Waals surface area contributed by atoms with Gasteiger partial charge in [-0.1, -0.05) is 0 Å². The molecule has 1 aliphatic heterocycles. The summed E-state index contributed by atoms with van der Waals surface area (Å²) >= 11 is 0. The minimum absolute atomic E-state index is 0.365. The van der Waals surface area contributed by atoms with Crippen LogP contribution in [0.25, 0.3) is 0 Å². The van der Waals surface area contributed by atoms with Gasteiger partial charge in [-0.15, -0.1) is 0 Å². The van der Waals surface area contributed by atoms with Gasteiger partial charge >= 0.3 is 0 Å². The average Bonchev–Trinajstić information content (AvgIpc) is 2.58. The summed E-state index contributed by atoms with van der Waals surface area (Å²) in [6.45, 7) is 4.14. The molecule has 0 aromatic carbocycles. The van der Waals surface area contributed by atoms with E-state index in [4.69, 9.17) is 5.73 Å². The fraction of sp³-hybridized carbons (Fsp3) is 0.692. The second-order valence-corrected chi connectivity index (χ2v) is 5.27. The fourth-order valence-electron chi connectivity index (χ4n) is 2.57. The van der Waals surface area contributed by atoms with Crippen molar-refractivity contribution in [2.75, 3.05) is 37.8 Å². The number of aryl methyl sites for hydroxylation is 1. The molecule has 0 bridgehead atoms. The Morgan fingerprint density at radius 3 is 2.83 bits per heavy atom. The van der Waals surface area contributed by atoms with E-state index >= 15 is 0 Å². The molecule has 0 radical (unpaired) electrons. The van der Waals surface area contributed by atoms with E-state index in [-0.39, 0.29) is 0 Å². The van der Waals surface area contributed by atoms with Crippen LogP contribution in [-0.4, -0.2) is 48.1 Å². The van der Waals surface area contributed by atoms with Gasteiger partial charge in [-0.2, -0.15) is 4.98 Å². The highest BCUT2D eigenvalue weighted by Gasteiger charge is 2.20. The van der Waals surface area contributed by atoms with Gasteiger partial charge in [-0.05, 0) is 40.3 Å². The molecule has 1 atom stereocenters. The summed E-state index contributed by atoms with van der Waals surface area (Å²) in [6, 6.07) is 0.675. The normalized spacial score (nSPS) is 21.1. The van der Waals surface area contributed by atoms with Gasteiger partial charge in [0.05, 0.1) is 0 Å². The number of anilines is 2. The Labute approximate surface area is 109 Å². The first-order valence-electron chi connectivity index (χ1n) is 6.58. The summed E-state index contributed by atoms with van der Waals surface area (Å²) in [5.74, 6) is 1.37. The van der Waals surface area contributed by atoms with Gasteiger partial charge in [0, 0.05) is 30.9 Å². The summed E-state index contributed by atoms with van der Waals surface area (Å²) in [6.07, 6.45) is 5.44. The fourth-order valence-corrected chi connectivity index (χ4v) is 2.57. The summed E-state index contributed by atoms with van der Waals surface area (Å²) < 4.78 is 0. The van der Waals surface area contributed by atoms with Crippen molar-refractivity contribution in [1.29, 1.82) is 0 Å². The third kappa shape index (κ3) is 2.90. The van der Waals surface area contributed by atoms with Gasteiger partial charge in [0.15, 0.2) is 0 Å². The number of nitrogen functional groups attached to an aromatic ring is 1. The Bertz CT molecular complexity index is 404. The quantitative estimate of drug-likeness (QED) is 0.856. The Morgan fingerprint density at radius 2 is 2.11 bits per heavy atom. The second-order valence-electron chi connectivity index (χ2n) is 5.27. The molecule has 1 saturated heterocycles. The van der Waals surface area contributed by atoms with Crippen LogP contribution in [0.4, 0.5) is 11.8 Å². The lowest BCUT2D eigenvalue weighted by Gasteiger charge is -2.24. The SMILES string of the molecule is Cc1cnc(N)nc1N1CCC[C@@H](N(C)C)CC1. The standard InChI is InChI=1S/C13H23N5/c1-10-9-15-13(14)16-12(10)18-7-4-5-11(6-8-18)17(2)3/h9,11H,4-8H2,1-3H3,(H2,14,15,16)/t11-/m1/s1. The van der Waals surface area contributed by atoms with Gasteiger partial charge in [-0.3, -0.25) is 0 Å². The van der Waals surface area contributed by atoms with Crippen LogP contribution in [-0.2, 0) is 0 Å². The Kier molecular flexibility index (Phi) is 4.01. The highest BCUT2D eigenvalue weighted by atomic mass is 15.2. The zero-order chi connectivity index (χ0) is 13.1. The first kappa shape index (κ1) is 13.1. The largest absolute Gasteiger partial charge is 0.368 e. The van der Waals surface area contributed by atoms with E-state index in [0.717, 1.165) is 24.5 Å². The molecule has 18 heavy (non-hydrogen) atoms. The number of hydrogen-bond acceptors (Lipinski definition) is 5. The van der Waals surface area contributed by atoms with E-state index in [9.17, 15) is 0 Å². The van der Waals surface area contributed by atoms with Crippen LogP contribution >= 0.6 is 0 Å². The van der Waals surface area contributed by atoms with Crippen LogP contribution in [0.2, 0.25) is 0 Å². The van der Waals surface area contributed by atoms with Gasteiger partial charge < -0.3 is 15.5 Å².